The standard InChI is InChI=1S/C22H38N4O3S.HI/c1-6-23-21(24-17-18-9-7-8-10-20(18)29-22(2,3)4)25-19-11-13-26(14-12-19)15-16-30(5,27)28;/h7-10,19H,6,11-17H2,1-5H3,(H2,23,24,25);1H. The van der Waals surface area contributed by atoms with E-state index in [1.54, 1.807) is 0 Å². The number of guanidine groups is 1. The summed E-state index contributed by atoms with van der Waals surface area (Å²) < 4.78 is 28.8. The summed E-state index contributed by atoms with van der Waals surface area (Å²) in [5, 5.41) is 6.87. The van der Waals surface area contributed by atoms with Gasteiger partial charge in [-0.25, -0.2) is 13.4 Å². The quantitative estimate of drug-likeness (QED) is 0.286. The zero-order valence-electron chi connectivity index (χ0n) is 19.5. The molecule has 178 valence electrons. The van der Waals surface area contributed by atoms with E-state index in [2.05, 4.69) is 28.5 Å². The maximum absolute atomic E-state index is 11.4. The van der Waals surface area contributed by atoms with Crippen molar-refractivity contribution in [3.8, 4) is 5.75 Å². The predicted octanol–water partition coefficient (Wildman–Crippen LogP) is 3.05. The van der Waals surface area contributed by atoms with Crippen LogP contribution in [0.15, 0.2) is 29.3 Å². The molecule has 9 heteroatoms. The third kappa shape index (κ3) is 11.4. The van der Waals surface area contributed by atoms with Crippen LogP contribution in [0.4, 0.5) is 0 Å². The Morgan fingerprint density at radius 3 is 2.45 bits per heavy atom. The molecule has 1 aromatic rings. The summed E-state index contributed by atoms with van der Waals surface area (Å²) in [6.07, 6.45) is 3.24. The van der Waals surface area contributed by atoms with Gasteiger partial charge in [-0.15, -0.1) is 24.0 Å². The Hall–Kier alpha value is -1.07. The SMILES string of the molecule is CCNC(=NCc1ccccc1OC(C)(C)C)NC1CCN(CCS(C)(=O)=O)CC1.I. The van der Waals surface area contributed by atoms with E-state index in [9.17, 15) is 8.42 Å². The third-order valence-corrected chi connectivity index (χ3v) is 5.77. The van der Waals surface area contributed by atoms with Crippen LogP contribution in [0, 0.1) is 0 Å². The summed E-state index contributed by atoms with van der Waals surface area (Å²) >= 11 is 0. The highest BCUT2D eigenvalue weighted by atomic mass is 127. The first-order valence-corrected chi connectivity index (χ1v) is 12.8. The molecular weight excluding hydrogens is 527 g/mol. The molecule has 0 aliphatic carbocycles. The Morgan fingerprint density at radius 2 is 1.87 bits per heavy atom. The van der Waals surface area contributed by atoms with E-state index in [1.165, 1.54) is 6.26 Å². The minimum Gasteiger partial charge on any atom is -0.488 e. The van der Waals surface area contributed by atoms with Gasteiger partial charge in [0, 0.05) is 44.0 Å². The molecule has 31 heavy (non-hydrogen) atoms. The highest BCUT2D eigenvalue weighted by Gasteiger charge is 2.21. The smallest absolute Gasteiger partial charge is 0.191 e. The number of rotatable bonds is 8. The second-order valence-corrected chi connectivity index (χ2v) is 11.2. The number of hydrogen-bond donors (Lipinski definition) is 2. The fourth-order valence-corrected chi connectivity index (χ4v) is 3.93. The topological polar surface area (TPSA) is 83.0 Å². The van der Waals surface area contributed by atoms with Crippen molar-refractivity contribution in [1.29, 1.82) is 0 Å². The lowest BCUT2D eigenvalue weighted by molar-refractivity contribution is 0.129. The minimum atomic E-state index is -2.91. The first kappa shape index (κ1) is 28.0. The molecule has 1 aromatic carbocycles. The molecule has 0 atom stereocenters. The van der Waals surface area contributed by atoms with Crippen LogP contribution in [0.2, 0.25) is 0 Å². The molecule has 0 saturated carbocycles. The predicted molar refractivity (Wildman–Crippen MR) is 139 cm³/mol. The minimum absolute atomic E-state index is 0. The molecule has 0 bridgehead atoms. The summed E-state index contributed by atoms with van der Waals surface area (Å²) in [6.45, 7) is 11.9. The second kappa shape index (κ2) is 12.8. The molecule has 1 heterocycles. The van der Waals surface area contributed by atoms with Crippen LogP contribution in [-0.2, 0) is 16.4 Å². The van der Waals surface area contributed by atoms with Gasteiger partial charge in [0.05, 0.1) is 12.3 Å². The molecule has 1 fully saturated rings. The van der Waals surface area contributed by atoms with Gasteiger partial charge in [-0.2, -0.15) is 0 Å². The largest absolute Gasteiger partial charge is 0.488 e. The molecule has 1 saturated heterocycles. The van der Waals surface area contributed by atoms with Crippen LogP contribution in [0.1, 0.15) is 46.1 Å². The summed E-state index contributed by atoms with van der Waals surface area (Å²) in [6, 6.07) is 8.36. The van der Waals surface area contributed by atoms with Crippen LogP contribution < -0.4 is 15.4 Å². The molecule has 0 amide bonds. The number of nitrogens with zero attached hydrogens (tertiary/aromatic N) is 2. The summed E-state index contributed by atoms with van der Waals surface area (Å²) in [5.41, 5.74) is 0.799. The number of piperidine rings is 1. The first-order valence-electron chi connectivity index (χ1n) is 10.8. The molecule has 7 nitrogen and oxygen atoms in total. The average Bonchev–Trinajstić information content (AvgIpc) is 2.65. The number of hydrogen-bond acceptors (Lipinski definition) is 5. The number of ether oxygens (including phenoxy) is 1. The maximum atomic E-state index is 11.4. The van der Waals surface area contributed by atoms with Crippen molar-refractivity contribution in [3.05, 3.63) is 29.8 Å². The van der Waals surface area contributed by atoms with E-state index in [0.717, 1.165) is 49.7 Å². The van der Waals surface area contributed by atoms with Crippen molar-refractivity contribution in [2.45, 2.75) is 58.7 Å². The normalized spacial score (nSPS) is 16.5. The van der Waals surface area contributed by atoms with Crippen molar-refractivity contribution in [2.24, 2.45) is 4.99 Å². The monoisotopic (exact) mass is 566 g/mol. The van der Waals surface area contributed by atoms with Gasteiger partial charge in [0.15, 0.2) is 5.96 Å². The van der Waals surface area contributed by atoms with Gasteiger partial charge in [0.25, 0.3) is 0 Å². The number of sulfone groups is 1. The Labute approximate surface area is 205 Å². The molecular formula is C22H39IN4O3S. The zero-order chi connectivity index (χ0) is 22.2. The fraction of sp³-hybridized carbons (Fsp3) is 0.682. The highest BCUT2D eigenvalue weighted by Crippen LogP contribution is 2.23. The molecule has 0 unspecified atom stereocenters. The number of nitrogens with one attached hydrogen (secondary N) is 2. The van der Waals surface area contributed by atoms with Crippen molar-refractivity contribution in [2.75, 3.05) is 38.2 Å². The molecule has 0 radical (unpaired) electrons. The molecule has 0 aromatic heterocycles. The van der Waals surface area contributed by atoms with E-state index < -0.39 is 9.84 Å². The van der Waals surface area contributed by atoms with Gasteiger partial charge in [-0.3, -0.25) is 0 Å². The molecule has 0 spiro atoms. The summed E-state index contributed by atoms with van der Waals surface area (Å²) in [5.74, 6) is 1.90. The Kier molecular flexibility index (Phi) is 11.6. The van der Waals surface area contributed by atoms with Gasteiger partial charge >= 0.3 is 0 Å². The number of para-hydroxylation sites is 1. The zero-order valence-corrected chi connectivity index (χ0v) is 22.6. The van der Waals surface area contributed by atoms with E-state index >= 15 is 0 Å². The maximum Gasteiger partial charge on any atom is 0.191 e. The van der Waals surface area contributed by atoms with Gasteiger partial charge in [-0.1, -0.05) is 18.2 Å². The van der Waals surface area contributed by atoms with Crippen molar-refractivity contribution < 1.29 is 13.2 Å². The molecule has 2 rings (SSSR count). The molecule has 1 aliphatic rings. The highest BCUT2D eigenvalue weighted by molar-refractivity contribution is 14.0. The van der Waals surface area contributed by atoms with Crippen molar-refractivity contribution in [3.63, 3.8) is 0 Å². The number of aliphatic imine (C=N–C) groups is 1. The van der Waals surface area contributed by atoms with E-state index in [1.807, 2.05) is 39.0 Å². The van der Waals surface area contributed by atoms with E-state index in [4.69, 9.17) is 9.73 Å². The number of halogens is 1. The van der Waals surface area contributed by atoms with Crippen LogP contribution in [-0.4, -0.2) is 69.1 Å². The van der Waals surface area contributed by atoms with Gasteiger partial charge in [-0.05, 0) is 46.6 Å². The van der Waals surface area contributed by atoms with Crippen molar-refractivity contribution >= 4 is 39.8 Å². The van der Waals surface area contributed by atoms with E-state index in [-0.39, 0.29) is 35.3 Å². The molecule has 2 N–H and O–H groups in total. The van der Waals surface area contributed by atoms with Gasteiger partial charge < -0.3 is 20.3 Å². The fourth-order valence-electron chi connectivity index (χ4n) is 3.34. The lowest BCUT2D eigenvalue weighted by Crippen LogP contribution is -2.49. The third-order valence-electron chi connectivity index (χ3n) is 4.85. The number of likely N-dealkylation sites (tertiary alicyclic amines) is 1. The second-order valence-electron chi connectivity index (χ2n) is 8.91. The van der Waals surface area contributed by atoms with Crippen LogP contribution in [0.25, 0.3) is 0 Å². The summed E-state index contributed by atoms with van der Waals surface area (Å²) in [7, 11) is -2.91. The first-order chi connectivity index (χ1) is 14.1. The lowest BCUT2D eigenvalue weighted by atomic mass is 10.1. The Bertz CT molecular complexity index is 801. The van der Waals surface area contributed by atoms with Crippen LogP contribution in [0.5, 0.6) is 5.75 Å². The van der Waals surface area contributed by atoms with Crippen LogP contribution in [0.3, 0.4) is 0 Å². The van der Waals surface area contributed by atoms with Crippen LogP contribution >= 0.6 is 24.0 Å². The van der Waals surface area contributed by atoms with Crippen molar-refractivity contribution in [1.82, 2.24) is 15.5 Å². The average molecular weight is 567 g/mol. The number of benzene rings is 1. The van der Waals surface area contributed by atoms with Gasteiger partial charge in [0.2, 0.25) is 0 Å². The Morgan fingerprint density at radius 1 is 1.23 bits per heavy atom. The Balaban J connectivity index is 0.00000480. The summed E-state index contributed by atoms with van der Waals surface area (Å²) in [4.78, 5) is 7.00. The lowest BCUT2D eigenvalue weighted by Gasteiger charge is -2.32. The van der Waals surface area contributed by atoms with E-state index in [0.29, 0.717) is 19.1 Å². The van der Waals surface area contributed by atoms with Gasteiger partial charge in [0.1, 0.15) is 21.2 Å². The molecule has 1 aliphatic heterocycles.